The van der Waals surface area contributed by atoms with Crippen LogP contribution in [-0.2, 0) is 11.3 Å². The van der Waals surface area contributed by atoms with E-state index in [1.54, 1.807) is 6.34 Å². The quantitative estimate of drug-likeness (QED) is 0.726. The summed E-state index contributed by atoms with van der Waals surface area (Å²) in [5, 5.41) is 3.09. The van der Waals surface area contributed by atoms with Gasteiger partial charge in [-0.1, -0.05) is 45.9 Å². The summed E-state index contributed by atoms with van der Waals surface area (Å²) in [5.74, 6) is 0. The topological polar surface area (TPSA) is 33.6 Å². The Bertz CT molecular complexity index is 298. The van der Waals surface area contributed by atoms with Crippen LogP contribution in [0.25, 0.3) is 0 Å². The van der Waals surface area contributed by atoms with E-state index in [1.807, 2.05) is 52.0 Å². The van der Waals surface area contributed by atoms with E-state index in [-0.39, 0.29) is 0 Å². The molecule has 0 fully saturated rings. The molecule has 0 unspecified atom stereocenters. The number of hydrogen-bond donors (Lipinski definition) is 1. The summed E-state index contributed by atoms with van der Waals surface area (Å²) in [6, 6.07) is 8.04. The van der Waals surface area contributed by atoms with Gasteiger partial charge in [-0.25, -0.2) is 4.99 Å². The van der Waals surface area contributed by atoms with Crippen molar-refractivity contribution in [2.45, 2.75) is 34.3 Å². The summed E-state index contributed by atoms with van der Waals surface area (Å²) in [4.78, 5) is 3.97. The molecule has 0 aromatic heterocycles. The van der Waals surface area contributed by atoms with Crippen LogP contribution in [0.1, 0.15) is 33.3 Å². The average molecular weight is 222 g/mol. The molecule has 0 atom stereocenters. The number of aliphatic imine (C=N–C) groups is 1. The first kappa shape index (κ1) is 14.6. The van der Waals surface area contributed by atoms with E-state index in [2.05, 4.69) is 10.3 Å². The van der Waals surface area contributed by atoms with Gasteiger partial charge < -0.3 is 10.1 Å². The number of anilines is 1. The molecule has 1 N–H and O–H groups in total. The molecule has 3 heteroatoms. The highest BCUT2D eigenvalue weighted by atomic mass is 16.5. The normalized spacial score (nSPS) is 14.5. The lowest BCUT2D eigenvalue weighted by Gasteiger charge is -2.10. The maximum absolute atomic E-state index is 5.26. The van der Waals surface area contributed by atoms with E-state index in [0.717, 1.165) is 5.69 Å². The van der Waals surface area contributed by atoms with Crippen LogP contribution in [0.15, 0.2) is 29.3 Å². The van der Waals surface area contributed by atoms with Gasteiger partial charge in [0, 0.05) is 11.3 Å². The third-order valence-electron chi connectivity index (χ3n) is 1.75. The molecule has 0 radical (unpaired) electrons. The van der Waals surface area contributed by atoms with Gasteiger partial charge in [0.1, 0.15) is 6.73 Å². The third-order valence-corrected chi connectivity index (χ3v) is 1.75. The van der Waals surface area contributed by atoms with Crippen molar-refractivity contribution < 1.29 is 4.74 Å². The molecule has 0 amide bonds. The van der Waals surface area contributed by atoms with Crippen LogP contribution in [0.4, 0.5) is 5.69 Å². The fraction of sp³-hybridized carbons (Fsp3) is 0.462. The zero-order chi connectivity index (χ0) is 12.2. The number of nitrogens with one attached hydrogen (secondary N) is 1. The standard InChI is InChI=1S/C9H10N2O.2C2H6/c1-2-4-9-8(3-1)5-12-7-10-6-11-9;2*1-2/h1-4,6H,5,7H2,(H,10,11);2*1-2H3. The van der Waals surface area contributed by atoms with Crippen molar-refractivity contribution in [3.63, 3.8) is 0 Å². The largest absolute Gasteiger partial charge is 0.355 e. The first-order chi connectivity index (χ1) is 7.97. The molecule has 3 nitrogen and oxygen atoms in total. The monoisotopic (exact) mass is 222 g/mol. The predicted octanol–water partition coefficient (Wildman–Crippen LogP) is 3.67. The van der Waals surface area contributed by atoms with Crippen molar-refractivity contribution in [3.05, 3.63) is 29.8 Å². The Morgan fingerprint density at radius 1 is 1.12 bits per heavy atom. The molecular formula is C13H22N2O. The molecular weight excluding hydrogens is 200 g/mol. The van der Waals surface area contributed by atoms with E-state index in [0.29, 0.717) is 13.3 Å². The molecule has 16 heavy (non-hydrogen) atoms. The van der Waals surface area contributed by atoms with Crippen molar-refractivity contribution in [2.75, 3.05) is 12.0 Å². The number of rotatable bonds is 0. The molecule has 0 saturated carbocycles. The van der Waals surface area contributed by atoms with Gasteiger partial charge in [0.15, 0.2) is 0 Å². The second kappa shape index (κ2) is 10.2. The van der Waals surface area contributed by atoms with Gasteiger partial charge in [-0.3, -0.25) is 0 Å². The van der Waals surface area contributed by atoms with Crippen molar-refractivity contribution in [2.24, 2.45) is 4.99 Å². The van der Waals surface area contributed by atoms with E-state index in [1.165, 1.54) is 5.56 Å². The first-order valence-electron chi connectivity index (χ1n) is 5.87. The number of ether oxygens (including phenoxy) is 1. The lowest BCUT2D eigenvalue weighted by Crippen LogP contribution is -2.05. The Morgan fingerprint density at radius 2 is 1.81 bits per heavy atom. The van der Waals surface area contributed by atoms with Crippen LogP contribution >= 0.6 is 0 Å². The van der Waals surface area contributed by atoms with Crippen LogP contribution in [0.3, 0.4) is 0 Å². The van der Waals surface area contributed by atoms with Crippen LogP contribution in [0.2, 0.25) is 0 Å². The summed E-state index contributed by atoms with van der Waals surface area (Å²) in [6.07, 6.45) is 1.66. The molecule has 1 aliphatic rings. The van der Waals surface area contributed by atoms with Gasteiger partial charge in [0.25, 0.3) is 0 Å². The summed E-state index contributed by atoms with van der Waals surface area (Å²) in [7, 11) is 0. The van der Waals surface area contributed by atoms with Crippen LogP contribution in [0.5, 0.6) is 0 Å². The molecule has 0 aliphatic carbocycles. The number of benzene rings is 1. The van der Waals surface area contributed by atoms with Crippen molar-refractivity contribution in [1.82, 2.24) is 0 Å². The minimum atomic E-state index is 0.432. The van der Waals surface area contributed by atoms with Gasteiger partial charge in [-0.2, -0.15) is 0 Å². The minimum Gasteiger partial charge on any atom is -0.355 e. The van der Waals surface area contributed by atoms with Gasteiger partial charge >= 0.3 is 0 Å². The van der Waals surface area contributed by atoms with Crippen LogP contribution in [0, 0.1) is 0 Å². The average Bonchev–Trinajstić information content (AvgIpc) is 2.35. The highest BCUT2D eigenvalue weighted by Crippen LogP contribution is 2.15. The number of para-hydroxylation sites is 1. The minimum absolute atomic E-state index is 0.432. The molecule has 1 aromatic rings. The fourth-order valence-electron chi connectivity index (χ4n) is 1.15. The van der Waals surface area contributed by atoms with Crippen molar-refractivity contribution in [1.29, 1.82) is 0 Å². The molecule has 90 valence electrons. The molecule has 1 aliphatic heterocycles. The highest BCUT2D eigenvalue weighted by molar-refractivity contribution is 5.77. The summed E-state index contributed by atoms with van der Waals surface area (Å²) >= 11 is 0. The Morgan fingerprint density at radius 3 is 2.56 bits per heavy atom. The maximum Gasteiger partial charge on any atom is 0.139 e. The first-order valence-corrected chi connectivity index (χ1v) is 5.87. The molecule has 1 heterocycles. The second-order valence-corrected chi connectivity index (χ2v) is 2.59. The van der Waals surface area contributed by atoms with Crippen molar-refractivity contribution in [3.8, 4) is 0 Å². The zero-order valence-electron chi connectivity index (χ0n) is 10.7. The zero-order valence-corrected chi connectivity index (χ0v) is 10.7. The summed E-state index contributed by atoms with van der Waals surface area (Å²) in [5.41, 5.74) is 2.24. The molecule has 0 spiro atoms. The SMILES string of the molecule is C1=N\COCc2ccccc2N/1.CC.CC. The summed E-state index contributed by atoms with van der Waals surface area (Å²) in [6.45, 7) is 9.06. The fourth-order valence-corrected chi connectivity index (χ4v) is 1.15. The lowest BCUT2D eigenvalue weighted by atomic mass is 10.2. The Hall–Kier alpha value is -1.35. The highest BCUT2D eigenvalue weighted by Gasteiger charge is 2.01. The number of hydrogen-bond acceptors (Lipinski definition) is 3. The van der Waals surface area contributed by atoms with Gasteiger partial charge in [0.05, 0.1) is 12.9 Å². The molecule has 0 saturated heterocycles. The van der Waals surface area contributed by atoms with Crippen LogP contribution < -0.4 is 5.32 Å². The van der Waals surface area contributed by atoms with E-state index in [4.69, 9.17) is 4.74 Å². The van der Waals surface area contributed by atoms with E-state index in [9.17, 15) is 0 Å². The molecule has 0 bridgehead atoms. The maximum atomic E-state index is 5.26. The molecule has 1 aromatic carbocycles. The second-order valence-electron chi connectivity index (χ2n) is 2.59. The lowest BCUT2D eigenvalue weighted by molar-refractivity contribution is 0.129. The number of nitrogens with zero attached hydrogens (tertiary/aromatic N) is 1. The smallest absolute Gasteiger partial charge is 0.139 e. The summed E-state index contributed by atoms with van der Waals surface area (Å²) < 4.78 is 5.26. The Balaban J connectivity index is 0.000000509. The van der Waals surface area contributed by atoms with Crippen molar-refractivity contribution >= 4 is 12.0 Å². The molecule has 2 rings (SSSR count). The van der Waals surface area contributed by atoms with E-state index < -0.39 is 0 Å². The predicted molar refractivity (Wildman–Crippen MR) is 70.9 cm³/mol. The van der Waals surface area contributed by atoms with E-state index >= 15 is 0 Å². The Labute approximate surface area is 98.6 Å². The third kappa shape index (κ3) is 4.94. The van der Waals surface area contributed by atoms with Crippen LogP contribution in [-0.4, -0.2) is 13.1 Å². The van der Waals surface area contributed by atoms with Gasteiger partial charge in [-0.15, -0.1) is 0 Å². The van der Waals surface area contributed by atoms with Gasteiger partial charge in [-0.05, 0) is 6.07 Å². The Kier molecular flexibility index (Phi) is 9.32. The van der Waals surface area contributed by atoms with Gasteiger partial charge in [0.2, 0.25) is 0 Å². The number of fused-ring (bicyclic) bond motifs is 1.